The second-order valence-corrected chi connectivity index (χ2v) is 3.82. The SMILES string of the molecule is O=C(O)C1COC(=O)N1C1CCNCC1. The lowest BCUT2D eigenvalue weighted by Crippen LogP contribution is -2.50. The van der Waals surface area contributed by atoms with Gasteiger partial charge >= 0.3 is 12.1 Å². The van der Waals surface area contributed by atoms with Crippen molar-refractivity contribution in [3.63, 3.8) is 0 Å². The third-order valence-electron chi connectivity index (χ3n) is 2.90. The normalized spacial score (nSPS) is 27.9. The number of hydrogen-bond acceptors (Lipinski definition) is 4. The molecule has 2 rings (SSSR count). The van der Waals surface area contributed by atoms with E-state index in [2.05, 4.69) is 5.32 Å². The molecule has 0 aromatic heterocycles. The van der Waals surface area contributed by atoms with E-state index in [0.29, 0.717) is 0 Å². The maximum absolute atomic E-state index is 11.4. The third kappa shape index (κ3) is 1.90. The maximum Gasteiger partial charge on any atom is 0.410 e. The number of cyclic esters (lactones) is 1. The molecule has 0 saturated carbocycles. The van der Waals surface area contributed by atoms with Crippen LogP contribution >= 0.6 is 0 Å². The summed E-state index contributed by atoms with van der Waals surface area (Å²) in [6.45, 7) is 1.61. The van der Waals surface area contributed by atoms with E-state index in [-0.39, 0.29) is 12.6 Å². The van der Waals surface area contributed by atoms with E-state index < -0.39 is 18.1 Å². The first kappa shape index (κ1) is 10.2. The average Bonchev–Trinajstić information content (AvgIpc) is 2.61. The Labute approximate surface area is 87.2 Å². The lowest BCUT2D eigenvalue weighted by molar-refractivity contribution is -0.142. The van der Waals surface area contributed by atoms with Crippen LogP contribution in [0, 0.1) is 0 Å². The number of nitrogens with zero attached hydrogens (tertiary/aromatic N) is 1. The molecule has 0 aromatic rings. The predicted molar refractivity (Wildman–Crippen MR) is 50.5 cm³/mol. The molecule has 1 atom stereocenters. The van der Waals surface area contributed by atoms with Crippen LogP contribution in [0.4, 0.5) is 4.79 Å². The van der Waals surface area contributed by atoms with Crippen molar-refractivity contribution in [1.82, 2.24) is 10.2 Å². The van der Waals surface area contributed by atoms with E-state index in [1.54, 1.807) is 0 Å². The molecular formula is C9H14N2O4. The molecule has 0 aromatic carbocycles. The molecule has 2 N–H and O–H groups in total. The van der Waals surface area contributed by atoms with Gasteiger partial charge in [-0.15, -0.1) is 0 Å². The largest absolute Gasteiger partial charge is 0.480 e. The monoisotopic (exact) mass is 214 g/mol. The van der Waals surface area contributed by atoms with Gasteiger partial charge in [-0.3, -0.25) is 4.90 Å². The molecule has 6 heteroatoms. The Morgan fingerprint density at radius 2 is 2.13 bits per heavy atom. The first-order valence-electron chi connectivity index (χ1n) is 5.09. The minimum absolute atomic E-state index is 0.00218. The highest BCUT2D eigenvalue weighted by Crippen LogP contribution is 2.21. The summed E-state index contributed by atoms with van der Waals surface area (Å²) in [6, 6.07) is -0.803. The third-order valence-corrected chi connectivity index (χ3v) is 2.90. The van der Waals surface area contributed by atoms with Gasteiger partial charge in [0.05, 0.1) is 0 Å². The molecule has 1 amide bonds. The Morgan fingerprint density at radius 3 is 2.73 bits per heavy atom. The molecule has 15 heavy (non-hydrogen) atoms. The van der Waals surface area contributed by atoms with Gasteiger partial charge in [0.2, 0.25) is 0 Å². The number of nitrogens with one attached hydrogen (secondary N) is 1. The van der Waals surface area contributed by atoms with Crippen molar-refractivity contribution < 1.29 is 19.4 Å². The molecular weight excluding hydrogens is 200 g/mol. The molecule has 2 saturated heterocycles. The fourth-order valence-corrected chi connectivity index (χ4v) is 2.11. The van der Waals surface area contributed by atoms with Crippen LogP contribution in [-0.4, -0.2) is 53.8 Å². The Kier molecular flexibility index (Phi) is 2.77. The van der Waals surface area contributed by atoms with Crippen LogP contribution in [0.2, 0.25) is 0 Å². The maximum atomic E-state index is 11.4. The second-order valence-electron chi connectivity index (χ2n) is 3.82. The molecule has 6 nitrogen and oxygen atoms in total. The van der Waals surface area contributed by atoms with Crippen LogP contribution < -0.4 is 5.32 Å². The number of piperidine rings is 1. The fourth-order valence-electron chi connectivity index (χ4n) is 2.11. The predicted octanol–water partition coefficient (Wildman–Crippen LogP) is -0.356. The molecule has 84 valence electrons. The van der Waals surface area contributed by atoms with E-state index in [1.807, 2.05) is 0 Å². The summed E-state index contributed by atoms with van der Waals surface area (Å²) < 4.78 is 4.78. The number of ether oxygens (including phenoxy) is 1. The van der Waals surface area contributed by atoms with Gasteiger partial charge in [-0.2, -0.15) is 0 Å². The van der Waals surface area contributed by atoms with Crippen molar-refractivity contribution in [1.29, 1.82) is 0 Å². The lowest BCUT2D eigenvalue weighted by Gasteiger charge is -2.31. The van der Waals surface area contributed by atoms with E-state index >= 15 is 0 Å². The van der Waals surface area contributed by atoms with Crippen molar-refractivity contribution >= 4 is 12.1 Å². The summed E-state index contributed by atoms with van der Waals surface area (Å²) in [5, 5.41) is 12.1. The van der Waals surface area contributed by atoms with Gasteiger partial charge in [0, 0.05) is 6.04 Å². The number of rotatable bonds is 2. The highest BCUT2D eigenvalue weighted by atomic mass is 16.6. The van der Waals surface area contributed by atoms with Crippen LogP contribution in [0.1, 0.15) is 12.8 Å². The van der Waals surface area contributed by atoms with E-state index in [1.165, 1.54) is 4.90 Å². The van der Waals surface area contributed by atoms with Crippen molar-refractivity contribution in [2.45, 2.75) is 24.9 Å². The Bertz CT molecular complexity index is 275. The summed E-state index contributed by atoms with van der Waals surface area (Å²) in [7, 11) is 0. The Balaban J connectivity index is 2.09. The summed E-state index contributed by atoms with van der Waals surface area (Å²) in [5.74, 6) is -0.987. The number of carboxylic acid groups (broad SMARTS) is 1. The topological polar surface area (TPSA) is 78.9 Å². The number of amides is 1. The van der Waals surface area contributed by atoms with Crippen LogP contribution in [0.3, 0.4) is 0 Å². The van der Waals surface area contributed by atoms with Crippen molar-refractivity contribution in [2.24, 2.45) is 0 Å². The Morgan fingerprint density at radius 1 is 1.47 bits per heavy atom. The van der Waals surface area contributed by atoms with Crippen LogP contribution in [0.25, 0.3) is 0 Å². The molecule has 0 bridgehead atoms. The van der Waals surface area contributed by atoms with Crippen LogP contribution in [0.5, 0.6) is 0 Å². The first-order chi connectivity index (χ1) is 7.20. The van der Waals surface area contributed by atoms with Gasteiger partial charge in [-0.1, -0.05) is 0 Å². The second kappa shape index (κ2) is 4.06. The van der Waals surface area contributed by atoms with Gasteiger partial charge in [0.25, 0.3) is 0 Å². The number of hydrogen-bond donors (Lipinski definition) is 2. The lowest BCUT2D eigenvalue weighted by atomic mass is 10.0. The standard InChI is InChI=1S/C9H14N2O4/c12-8(13)7-5-15-9(14)11(7)6-1-3-10-4-2-6/h6-7,10H,1-5H2,(H,12,13). The zero-order chi connectivity index (χ0) is 10.8. The fraction of sp³-hybridized carbons (Fsp3) is 0.778. The summed E-state index contributed by atoms with van der Waals surface area (Å²) in [6.07, 6.45) is 1.09. The minimum Gasteiger partial charge on any atom is -0.480 e. The van der Waals surface area contributed by atoms with Crippen molar-refractivity contribution in [3.8, 4) is 0 Å². The number of carbonyl (C=O) groups excluding carboxylic acids is 1. The van der Waals surface area contributed by atoms with Crippen molar-refractivity contribution in [2.75, 3.05) is 19.7 Å². The molecule has 0 spiro atoms. The molecule has 2 aliphatic heterocycles. The van der Waals surface area contributed by atoms with Crippen LogP contribution in [0.15, 0.2) is 0 Å². The molecule has 1 unspecified atom stereocenters. The number of carboxylic acids is 1. The molecule has 2 fully saturated rings. The zero-order valence-electron chi connectivity index (χ0n) is 8.31. The van der Waals surface area contributed by atoms with E-state index in [0.717, 1.165) is 25.9 Å². The van der Waals surface area contributed by atoms with Gasteiger partial charge in [-0.25, -0.2) is 9.59 Å². The Hall–Kier alpha value is -1.30. The summed E-state index contributed by atoms with van der Waals surface area (Å²) >= 11 is 0. The molecule has 2 heterocycles. The quantitative estimate of drug-likeness (QED) is 0.656. The molecule has 0 aliphatic carbocycles. The highest BCUT2D eigenvalue weighted by Gasteiger charge is 2.42. The number of carbonyl (C=O) groups is 2. The minimum atomic E-state index is -0.987. The van der Waals surface area contributed by atoms with Crippen LogP contribution in [-0.2, 0) is 9.53 Å². The first-order valence-corrected chi connectivity index (χ1v) is 5.09. The van der Waals surface area contributed by atoms with E-state index in [9.17, 15) is 9.59 Å². The summed E-state index contributed by atoms with van der Waals surface area (Å²) in [5.41, 5.74) is 0. The highest BCUT2D eigenvalue weighted by molar-refractivity contribution is 5.83. The van der Waals surface area contributed by atoms with Gasteiger partial charge in [-0.05, 0) is 25.9 Å². The van der Waals surface area contributed by atoms with Gasteiger partial charge < -0.3 is 15.2 Å². The van der Waals surface area contributed by atoms with Gasteiger partial charge in [0.15, 0.2) is 6.04 Å². The molecule has 0 radical (unpaired) electrons. The van der Waals surface area contributed by atoms with Crippen molar-refractivity contribution in [3.05, 3.63) is 0 Å². The molecule has 2 aliphatic rings. The average molecular weight is 214 g/mol. The van der Waals surface area contributed by atoms with Gasteiger partial charge in [0.1, 0.15) is 6.61 Å². The smallest absolute Gasteiger partial charge is 0.410 e. The van der Waals surface area contributed by atoms with E-state index in [4.69, 9.17) is 9.84 Å². The number of aliphatic carboxylic acids is 1. The zero-order valence-corrected chi connectivity index (χ0v) is 8.31. The summed E-state index contributed by atoms with van der Waals surface area (Å²) in [4.78, 5) is 23.7.